The quantitative estimate of drug-likeness (QED) is 0.661. The molecule has 0 saturated carbocycles. The zero-order valence-electron chi connectivity index (χ0n) is 11.7. The molecule has 1 saturated heterocycles. The Labute approximate surface area is 129 Å². The molecule has 2 rings (SSSR count). The SMILES string of the molecule is C#CCSCCN1CCC(=O)NC(c2ccccc2)C1=O. The lowest BCUT2D eigenvalue weighted by Gasteiger charge is -2.24. The molecule has 0 aromatic heterocycles. The molecule has 1 N–H and O–H groups in total. The summed E-state index contributed by atoms with van der Waals surface area (Å²) in [6.45, 7) is 1.08. The molecule has 1 heterocycles. The minimum Gasteiger partial charge on any atom is -0.340 e. The number of terminal acetylenes is 1. The van der Waals surface area contributed by atoms with E-state index in [1.807, 2.05) is 30.3 Å². The number of hydrogen-bond acceptors (Lipinski definition) is 3. The second-order valence-electron chi connectivity index (χ2n) is 4.74. The molecule has 0 aliphatic carbocycles. The van der Waals surface area contributed by atoms with Gasteiger partial charge in [0.25, 0.3) is 0 Å². The zero-order chi connectivity index (χ0) is 15.1. The Bertz CT molecular complexity index is 539. The highest BCUT2D eigenvalue weighted by molar-refractivity contribution is 7.99. The fraction of sp³-hybridized carbons (Fsp3) is 0.375. The fourth-order valence-corrected chi connectivity index (χ4v) is 2.84. The molecule has 1 aromatic rings. The lowest BCUT2D eigenvalue weighted by atomic mass is 10.1. The molecule has 1 fully saturated rings. The molecule has 0 spiro atoms. The molecule has 1 atom stereocenters. The Kier molecular flexibility index (Phi) is 5.70. The number of carbonyl (C=O) groups excluding carboxylic acids is 2. The van der Waals surface area contributed by atoms with Gasteiger partial charge in [0.2, 0.25) is 11.8 Å². The molecular weight excluding hydrogens is 284 g/mol. The van der Waals surface area contributed by atoms with Crippen molar-refractivity contribution in [3.8, 4) is 12.3 Å². The van der Waals surface area contributed by atoms with Gasteiger partial charge in [0.05, 0.1) is 5.75 Å². The van der Waals surface area contributed by atoms with Crippen LogP contribution in [0, 0.1) is 12.3 Å². The highest BCUT2D eigenvalue weighted by Gasteiger charge is 2.30. The number of carbonyl (C=O) groups is 2. The second kappa shape index (κ2) is 7.75. The second-order valence-corrected chi connectivity index (χ2v) is 5.85. The molecule has 4 nitrogen and oxygen atoms in total. The van der Waals surface area contributed by atoms with Crippen molar-refractivity contribution >= 4 is 23.6 Å². The minimum atomic E-state index is -0.584. The van der Waals surface area contributed by atoms with Gasteiger partial charge in [0, 0.05) is 25.3 Å². The van der Waals surface area contributed by atoms with Gasteiger partial charge in [-0.2, -0.15) is 0 Å². The van der Waals surface area contributed by atoms with Crippen molar-refractivity contribution in [3.05, 3.63) is 35.9 Å². The molecular formula is C16H18N2O2S. The van der Waals surface area contributed by atoms with Gasteiger partial charge in [-0.25, -0.2) is 0 Å². The normalized spacial score (nSPS) is 18.8. The smallest absolute Gasteiger partial charge is 0.249 e. The third-order valence-electron chi connectivity index (χ3n) is 3.30. The van der Waals surface area contributed by atoms with Crippen LogP contribution in [0.5, 0.6) is 0 Å². The van der Waals surface area contributed by atoms with Gasteiger partial charge in [-0.05, 0) is 5.56 Å². The van der Waals surface area contributed by atoms with Gasteiger partial charge >= 0.3 is 0 Å². The van der Waals surface area contributed by atoms with Crippen molar-refractivity contribution < 1.29 is 9.59 Å². The van der Waals surface area contributed by atoms with Gasteiger partial charge in [-0.15, -0.1) is 18.2 Å². The highest BCUT2D eigenvalue weighted by atomic mass is 32.2. The van der Waals surface area contributed by atoms with Crippen LogP contribution < -0.4 is 5.32 Å². The van der Waals surface area contributed by atoms with Crippen LogP contribution in [0.3, 0.4) is 0 Å². The van der Waals surface area contributed by atoms with Crippen molar-refractivity contribution in [2.45, 2.75) is 12.5 Å². The molecule has 1 aliphatic heterocycles. The van der Waals surface area contributed by atoms with Crippen molar-refractivity contribution in [1.29, 1.82) is 0 Å². The molecule has 2 amide bonds. The third-order valence-corrected chi connectivity index (χ3v) is 4.14. The van der Waals surface area contributed by atoms with E-state index in [4.69, 9.17) is 6.42 Å². The van der Waals surface area contributed by atoms with E-state index in [1.54, 1.807) is 16.7 Å². The van der Waals surface area contributed by atoms with Crippen LogP contribution in [0.2, 0.25) is 0 Å². The average Bonchev–Trinajstić information content (AvgIpc) is 2.65. The standard InChI is InChI=1S/C16H18N2O2S/c1-2-11-21-12-10-18-9-8-14(19)17-15(16(18)20)13-6-4-3-5-7-13/h1,3-7,15H,8-12H2,(H,17,19). The fourth-order valence-electron chi connectivity index (χ4n) is 2.22. The number of nitrogens with one attached hydrogen (secondary N) is 1. The predicted octanol–water partition coefficient (Wildman–Crippen LogP) is 1.44. The predicted molar refractivity (Wildman–Crippen MR) is 84.7 cm³/mol. The van der Waals surface area contributed by atoms with Gasteiger partial charge in [0.15, 0.2) is 0 Å². The van der Waals surface area contributed by atoms with Crippen LogP contribution in [0.25, 0.3) is 0 Å². The minimum absolute atomic E-state index is 0.0478. The van der Waals surface area contributed by atoms with E-state index >= 15 is 0 Å². The Morgan fingerprint density at radius 3 is 2.81 bits per heavy atom. The molecule has 0 bridgehead atoms. The summed E-state index contributed by atoms with van der Waals surface area (Å²) in [7, 11) is 0. The lowest BCUT2D eigenvalue weighted by molar-refractivity contribution is -0.133. The first-order valence-corrected chi connectivity index (χ1v) is 8.02. The van der Waals surface area contributed by atoms with Gasteiger partial charge in [-0.3, -0.25) is 9.59 Å². The number of hydrogen-bond donors (Lipinski definition) is 1. The summed E-state index contributed by atoms with van der Waals surface area (Å²) in [5.74, 6) is 3.85. The Hall–Kier alpha value is -1.93. The summed E-state index contributed by atoms with van der Waals surface area (Å²) < 4.78 is 0. The van der Waals surface area contributed by atoms with Crippen molar-refractivity contribution in [2.75, 3.05) is 24.6 Å². The average molecular weight is 302 g/mol. The maximum absolute atomic E-state index is 12.6. The molecule has 1 aromatic carbocycles. The van der Waals surface area contributed by atoms with Crippen LogP contribution in [-0.2, 0) is 9.59 Å². The molecule has 0 radical (unpaired) electrons. The third kappa shape index (κ3) is 4.27. The van der Waals surface area contributed by atoms with E-state index in [-0.39, 0.29) is 11.8 Å². The van der Waals surface area contributed by atoms with Gasteiger partial charge < -0.3 is 10.2 Å². The van der Waals surface area contributed by atoms with Crippen LogP contribution >= 0.6 is 11.8 Å². The van der Waals surface area contributed by atoms with E-state index in [1.165, 1.54) is 0 Å². The Balaban J connectivity index is 2.08. The Morgan fingerprint density at radius 2 is 2.10 bits per heavy atom. The van der Waals surface area contributed by atoms with Crippen LogP contribution in [0.4, 0.5) is 0 Å². The first kappa shape index (κ1) is 15.5. The van der Waals surface area contributed by atoms with E-state index < -0.39 is 6.04 Å². The molecule has 5 heteroatoms. The Morgan fingerprint density at radius 1 is 1.33 bits per heavy atom. The maximum atomic E-state index is 12.6. The number of benzene rings is 1. The number of nitrogens with zero attached hydrogens (tertiary/aromatic N) is 1. The number of rotatable bonds is 5. The molecule has 1 unspecified atom stereocenters. The molecule has 110 valence electrons. The first-order valence-electron chi connectivity index (χ1n) is 6.86. The van der Waals surface area contributed by atoms with E-state index in [0.717, 1.165) is 11.3 Å². The van der Waals surface area contributed by atoms with E-state index in [0.29, 0.717) is 25.3 Å². The summed E-state index contributed by atoms with van der Waals surface area (Å²) in [6.07, 6.45) is 5.55. The van der Waals surface area contributed by atoms with Crippen LogP contribution in [-0.4, -0.2) is 41.3 Å². The van der Waals surface area contributed by atoms with E-state index in [2.05, 4.69) is 11.2 Å². The maximum Gasteiger partial charge on any atom is 0.249 e. The van der Waals surface area contributed by atoms with E-state index in [9.17, 15) is 9.59 Å². The monoisotopic (exact) mass is 302 g/mol. The largest absolute Gasteiger partial charge is 0.340 e. The summed E-state index contributed by atoms with van der Waals surface area (Å²) in [5.41, 5.74) is 0.819. The summed E-state index contributed by atoms with van der Waals surface area (Å²) >= 11 is 1.62. The zero-order valence-corrected chi connectivity index (χ0v) is 12.6. The van der Waals surface area contributed by atoms with Crippen molar-refractivity contribution in [1.82, 2.24) is 10.2 Å². The first-order chi connectivity index (χ1) is 10.2. The lowest BCUT2D eigenvalue weighted by Crippen LogP contribution is -2.39. The summed E-state index contributed by atoms with van der Waals surface area (Å²) in [6, 6.07) is 8.76. The van der Waals surface area contributed by atoms with Crippen LogP contribution in [0.1, 0.15) is 18.0 Å². The number of amides is 2. The van der Waals surface area contributed by atoms with Crippen LogP contribution in [0.15, 0.2) is 30.3 Å². The van der Waals surface area contributed by atoms with Gasteiger partial charge in [0.1, 0.15) is 6.04 Å². The molecule has 1 aliphatic rings. The topological polar surface area (TPSA) is 49.4 Å². The highest BCUT2D eigenvalue weighted by Crippen LogP contribution is 2.19. The number of thioether (sulfide) groups is 1. The molecule has 21 heavy (non-hydrogen) atoms. The van der Waals surface area contributed by atoms with Crippen molar-refractivity contribution in [2.24, 2.45) is 0 Å². The summed E-state index contributed by atoms with van der Waals surface area (Å²) in [5, 5.41) is 2.81. The van der Waals surface area contributed by atoms with Crippen molar-refractivity contribution in [3.63, 3.8) is 0 Å². The summed E-state index contributed by atoms with van der Waals surface area (Å²) in [4.78, 5) is 26.2. The van der Waals surface area contributed by atoms with Gasteiger partial charge in [-0.1, -0.05) is 36.3 Å².